The van der Waals surface area contributed by atoms with Gasteiger partial charge in [-0.1, -0.05) is 6.07 Å². The predicted molar refractivity (Wildman–Crippen MR) is 113 cm³/mol. The molecule has 1 amide bonds. The molecule has 3 N–H and O–H groups in total. The molecule has 0 unspecified atom stereocenters. The van der Waals surface area contributed by atoms with Crippen LogP contribution in [0.2, 0.25) is 0 Å². The van der Waals surface area contributed by atoms with Gasteiger partial charge in [0, 0.05) is 18.0 Å². The number of rotatable bonds is 7. The first kappa shape index (κ1) is 19.8. The van der Waals surface area contributed by atoms with Crippen LogP contribution in [0.1, 0.15) is 5.56 Å². The molecule has 3 aromatic rings. The second-order valence-electron chi connectivity index (χ2n) is 6.01. The first-order chi connectivity index (χ1) is 14.1. The van der Waals surface area contributed by atoms with Gasteiger partial charge in [-0.3, -0.25) is 4.79 Å². The van der Waals surface area contributed by atoms with Gasteiger partial charge >= 0.3 is 0 Å². The molecule has 2 aromatic carbocycles. The summed E-state index contributed by atoms with van der Waals surface area (Å²) >= 11 is 0. The van der Waals surface area contributed by atoms with E-state index in [0.717, 1.165) is 11.3 Å². The van der Waals surface area contributed by atoms with E-state index in [2.05, 4.69) is 15.6 Å². The fraction of sp³-hybridized carbons (Fsp3) is 0.0909. The Morgan fingerprint density at radius 1 is 1.03 bits per heavy atom. The summed E-state index contributed by atoms with van der Waals surface area (Å²) in [4.78, 5) is 16.6. The Bertz CT molecular complexity index is 1020. The smallest absolute Gasteiger partial charge is 0.248 e. The van der Waals surface area contributed by atoms with Crippen LogP contribution in [0, 0.1) is 0 Å². The predicted octanol–water partition coefficient (Wildman–Crippen LogP) is 4.20. The van der Waals surface area contributed by atoms with Crippen molar-refractivity contribution in [3.05, 3.63) is 72.4 Å². The molecular formula is C22H21N3O4. The second kappa shape index (κ2) is 9.27. The highest BCUT2D eigenvalue weighted by atomic mass is 16.5. The maximum atomic E-state index is 12.4. The topological polar surface area (TPSA) is 92.7 Å². The summed E-state index contributed by atoms with van der Waals surface area (Å²) in [5.41, 5.74) is 2.06. The molecule has 1 aromatic heterocycles. The summed E-state index contributed by atoms with van der Waals surface area (Å²) in [6, 6.07) is 15.4. The van der Waals surface area contributed by atoms with Crippen LogP contribution in [0.5, 0.6) is 17.2 Å². The van der Waals surface area contributed by atoms with E-state index in [1.54, 1.807) is 75.0 Å². The van der Waals surface area contributed by atoms with Crippen molar-refractivity contribution in [2.75, 3.05) is 24.9 Å². The van der Waals surface area contributed by atoms with Crippen LogP contribution >= 0.6 is 0 Å². The van der Waals surface area contributed by atoms with Crippen molar-refractivity contribution in [3.8, 4) is 17.2 Å². The molecule has 0 atom stereocenters. The van der Waals surface area contributed by atoms with E-state index < -0.39 is 0 Å². The number of phenolic OH excluding ortho intramolecular Hbond substituents is 1. The number of benzene rings is 2. The number of aromatic hydroxyl groups is 1. The zero-order valence-corrected chi connectivity index (χ0v) is 16.0. The molecule has 0 aliphatic heterocycles. The number of pyridine rings is 1. The Hall–Kier alpha value is -4.00. The molecule has 0 fully saturated rings. The van der Waals surface area contributed by atoms with Crippen LogP contribution in [0.25, 0.3) is 6.08 Å². The van der Waals surface area contributed by atoms with Crippen LogP contribution in [0.3, 0.4) is 0 Å². The summed E-state index contributed by atoms with van der Waals surface area (Å²) in [6.45, 7) is 0. The van der Waals surface area contributed by atoms with Crippen molar-refractivity contribution in [2.24, 2.45) is 0 Å². The normalized spacial score (nSPS) is 10.6. The Balaban J connectivity index is 1.71. The minimum Gasteiger partial charge on any atom is -0.508 e. The Labute approximate surface area is 168 Å². The Kier molecular flexibility index (Phi) is 6.32. The number of phenols is 1. The third-order valence-corrected chi connectivity index (χ3v) is 4.03. The Morgan fingerprint density at radius 3 is 2.52 bits per heavy atom. The van der Waals surface area contributed by atoms with E-state index in [4.69, 9.17) is 9.47 Å². The summed E-state index contributed by atoms with van der Waals surface area (Å²) in [7, 11) is 3.13. The van der Waals surface area contributed by atoms with Gasteiger partial charge in [-0.25, -0.2) is 4.98 Å². The number of hydrogen-bond acceptors (Lipinski definition) is 6. The third-order valence-electron chi connectivity index (χ3n) is 4.03. The minimum absolute atomic E-state index is 0.172. The highest BCUT2D eigenvalue weighted by Crippen LogP contribution is 2.28. The van der Waals surface area contributed by atoms with Gasteiger partial charge in [0.2, 0.25) is 5.91 Å². The van der Waals surface area contributed by atoms with Gasteiger partial charge in [-0.2, -0.15) is 0 Å². The number of carbonyl (C=O) groups excluding carboxylic acids is 1. The van der Waals surface area contributed by atoms with Gasteiger partial charge in [0.25, 0.3) is 0 Å². The minimum atomic E-state index is -0.304. The van der Waals surface area contributed by atoms with Crippen LogP contribution in [-0.4, -0.2) is 30.2 Å². The molecule has 7 nitrogen and oxygen atoms in total. The molecule has 0 saturated heterocycles. The molecule has 7 heteroatoms. The number of carbonyl (C=O) groups is 1. The van der Waals surface area contributed by atoms with Crippen LogP contribution in [-0.2, 0) is 4.79 Å². The quantitative estimate of drug-likeness (QED) is 0.413. The van der Waals surface area contributed by atoms with E-state index in [-0.39, 0.29) is 11.7 Å². The number of aromatic nitrogens is 1. The fourth-order valence-electron chi connectivity index (χ4n) is 2.59. The lowest BCUT2D eigenvalue weighted by atomic mass is 10.2. The van der Waals surface area contributed by atoms with E-state index >= 15 is 0 Å². The highest BCUT2D eigenvalue weighted by molar-refractivity contribution is 6.03. The largest absolute Gasteiger partial charge is 0.508 e. The third kappa shape index (κ3) is 5.26. The average Bonchev–Trinajstić information content (AvgIpc) is 2.75. The van der Waals surface area contributed by atoms with E-state index in [1.165, 1.54) is 6.08 Å². The molecule has 0 bridgehead atoms. The number of anilines is 3. The molecule has 148 valence electrons. The summed E-state index contributed by atoms with van der Waals surface area (Å²) in [5, 5.41) is 15.3. The Morgan fingerprint density at radius 2 is 1.79 bits per heavy atom. The summed E-state index contributed by atoms with van der Waals surface area (Å²) in [5.74, 6) is 1.56. The molecule has 1 heterocycles. The monoisotopic (exact) mass is 391 g/mol. The lowest BCUT2D eigenvalue weighted by Crippen LogP contribution is -2.10. The average molecular weight is 391 g/mol. The van der Waals surface area contributed by atoms with Gasteiger partial charge in [0.15, 0.2) is 17.3 Å². The molecule has 0 spiro atoms. The number of methoxy groups -OCH3 is 2. The standard InChI is InChI=1S/C22H21N3O4/c1-28-19-11-5-15(14-20(19)29-2)6-12-21(27)25-18-4-3-13-23-22(18)24-16-7-9-17(26)10-8-16/h3-14,26H,1-2H3,(H,23,24)(H,25,27)/b12-6+. The van der Waals surface area contributed by atoms with E-state index in [1.807, 2.05) is 6.07 Å². The van der Waals surface area contributed by atoms with Crippen molar-refractivity contribution in [1.29, 1.82) is 0 Å². The SMILES string of the molecule is COc1ccc(/C=C/C(=O)Nc2cccnc2Nc2ccc(O)cc2)cc1OC. The van der Waals surface area contributed by atoms with E-state index in [0.29, 0.717) is 23.0 Å². The van der Waals surface area contributed by atoms with Crippen LogP contribution in [0.15, 0.2) is 66.9 Å². The van der Waals surface area contributed by atoms with Crippen molar-refractivity contribution in [1.82, 2.24) is 4.98 Å². The summed E-state index contributed by atoms with van der Waals surface area (Å²) in [6.07, 6.45) is 4.73. The lowest BCUT2D eigenvalue weighted by Gasteiger charge is -2.11. The van der Waals surface area contributed by atoms with Gasteiger partial charge < -0.3 is 25.2 Å². The van der Waals surface area contributed by atoms with Crippen molar-refractivity contribution >= 4 is 29.2 Å². The van der Waals surface area contributed by atoms with Gasteiger partial charge in [0.1, 0.15) is 5.75 Å². The van der Waals surface area contributed by atoms with Crippen molar-refractivity contribution in [2.45, 2.75) is 0 Å². The van der Waals surface area contributed by atoms with Gasteiger partial charge in [-0.15, -0.1) is 0 Å². The molecule has 0 saturated carbocycles. The zero-order valence-electron chi connectivity index (χ0n) is 16.0. The number of hydrogen-bond donors (Lipinski definition) is 3. The van der Waals surface area contributed by atoms with Crippen molar-refractivity contribution in [3.63, 3.8) is 0 Å². The molecule has 3 rings (SSSR count). The first-order valence-electron chi connectivity index (χ1n) is 8.81. The number of nitrogens with zero attached hydrogens (tertiary/aromatic N) is 1. The van der Waals surface area contributed by atoms with Crippen molar-refractivity contribution < 1.29 is 19.4 Å². The summed E-state index contributed by atoms with van der Waals surface area (Å²) < 4.78 is 10.5. The molecule has 0 aliphatic carbocycles. The lowest BCUT2D eigenvalue weighted by molar-refractivity contribution is -0.111. The first-order valence-corrected chi connectivity index (χ1v) is 8.81. The van der Waals surface area contributed by atoms with Crippen LogP contribution < -0.4 is 20.1 Å². The van der Waals surface area contributed by atoms with Crippen LogP contribution in [0.4, 0.5) is 17.2 Å². The fourth-order valence-corrected chi connectivity index (χ4v) is 2.59. The molecule has 29 heavy (non-hydrogen) atoms. The molecule has 0 aliphatic rings. The highest BCUT2D eigenvalue weighted by Gasteiger charge is 2.07. The maximum Gasteiger partial charge on any atom is 0.248 e. The maximum absolute atomic E-state index is 12.4. The van der Waals surface area contributed by atoms with Gasteiger partial charge in [-0.05, 0) is 60.2 Å². The number of nitrogens with one attached hydrogen (secondary N) is 2. The molecular weight excluding hydrogens is 370 g/mol. The zero-order chi connectivity index (χ0) is 20.6. The van der Waals surface area contributed by atoms with Gasteiger partial charge in [0.05, 0.1) is 19.9 Å². The molecule has 0 radical (unpaired) electrons. The van der Waals surface area contributed by atoms with E-state index in [9.17, 15) is 9.90 Å². The number of ether oxygens (including phenoxy) is 2. The second-order valence-corrected chi connectivity index (χ2v) is 6.01. The number of amides is 1.